The minimum absolute atomic E-state index is 0.701. The van der Waals surface area contributed by atoms with E-state index < -0.39 is 0 Å². The molecule has 1 saturated heterocycles. The van der Waals surface area contributed by atoms with Gasteiger partial charge >= 0.3 is 0 Å². The van der Waals surface area contributed by atoms with Gasteiger partial charge in [0.15, 0.2) is 0 Å². The molecule has 1 unspecified atom stereocenters. The number of hydrogen-bond acceptors (Lipinski definition) is 2. The van der Waals surface area contributed by atoms with Crippen LogP contribution in [0.2, 0.25) is 0 Å². The van der Waals surface area contributed by atoms with Crippen LogP contribution in [-0.4, -0.2) is 42.6 Å². The first-order chi connectivity index (χ1) is 6.86. The van der Waals surface area contributed by atoms with Gasteiger partial charge in [-0.3, -0.25) is 0 Å². The summed E-state index contributed by atoms with van der Waals surface area (Å²) >= 11 is 0. The van der Waals surface area contributed by atoms with E-state index in [-0.39, 0.29) is 0 Å². The van der Waals surface area contributed by atoms with E-state index in [4.69, 9.17) is 0 Å². The number of nitrogens with zero attached hydrogens (tertiary/aromatic N) is 1. The van der Waals surface area contributed by atoms with Crippen molar-refractivity contribution < 1.29 is 0 Å². The van der Waals surface area contributed by atoms with Crippen LogP contribution in [0.3, 0.4) is 0 Å². The first kappa shape index (κ1) is 9.74. The van der Waals surface area contributed by atoms with Crippen LogP contribution >= 0.6 is 0 Å². The lowest BCUT2D eigenvalue weighted by Crippen LogP contribution is -2.49. The number of aromatic amines is 1. The second-order valence-electron chi connectivity index (χ2n) is 4.07. The molecule has 0 aliphatic carbocycles. The number of H-pyrrole nitrogens is 1. The molecule has 0 saturated carbocycles. The fraction of sp³-hybridized carbons (Fsp3) is 0.636. The molecule has 0 aromatic carbocycles. The van der Waals surface area contributed by atoms with Gasteiger partial charge in [-0.15, -0.1) is 0 Å². The van der Waals surface area contributed by atoms with Crippen LogP contribution in [0.25, 0.3) is 0 Å². The summed E-state index contributed by atoms with van der Waals surface area (Å²) in [5.74, 6) is 0. The van der Waals surface area contributed by atoms with Crippen molar-refractivity contribution in [3.8, 4) is 0 Å². The normalized spacial score (nSPS) is 23.9. The van der Waals surface area contributed by atoms with Crippen LogP contribution in [-0.2, 0) is 6.42 Å². The highest BCUT2D eigenvalue weighted by atomic mass is 15.2. The van der Waals surface area contributed by atoms with Crippen molar-refractivity contribution in [2.24, 2.45) is 0 Å². The third kappa shape index (κ3) is 2.36. The molecule has 0 bridgehead atoms. The van der Waals surface area contributed by atoms with E-state index in [9.17, 15) is 0 Å². The molecule has 1 atom stereocenters. The Morgan fingerprint density at radius 3 is 3.21 bits per heavy atom. The quantitative estimate of drug-likeness (QED) is 0.745. The van der Waals surface area contributed by atoms with Gasteiger partial charge in [0.25, 0.3) is 0 Å². The van der Waals surface area contributed by atoms with E-state index in [2.05, 4.69) is 34.4 Å². The predicted molar refractivity (Wildman–Crippen MR) is 58.4 cm³/mol. The van der Waals surface area contributed by atoms with Gasteiger partial charge in [0.1, 0.15) is 0 Å². The first-order valence-corrected chi connectivity index (χ1v) is 5.39. The van der Waals surface area contributed by atoms with Crippen molar-refractivity contribution in [3.63, 3.8) is 0 Å². The number of hydrogen-bond donors (Lipinski definition) is 2. The van der Waals surface area contributed by atoms with Gasteiger partial charge in [0.05, 0.1) is 0 Å². The third-order valence-electron chi connectivity index (χ3n) is 3.05. The summed E-state index contributed by atoms with van der Waals surface area (Å²) in [5, 5.41) is 3.44. The first-order valence-electron chi connectivity index (χ1n) is 5.39. The van der Waals surface area contributed by atoms with Crippen LogP contribution in [0.1, 0.15) is 12.1 Å². The molecule has 0 amide bonds. The molecule has 2 N–H and O–H groups in total. The van der Waals surface area contributed by atoms with Crippen LogP contribution in [0.15, 0.2) is 18.3 Å². The summed E-state index contributed by atoms with van der Waals surface area (Å²) in [7, 11) is 2.22. The van der Waals surface area contributed by atoms with E-state index in [1.54, 1.807) is 0 Å². The zero-order valence-electron chi connectivity index (χ0n) is 8.79. The Bertz CT molecular complexity index is 256. The maximum Gasteiger partial charge on any atom is 0.0221 e. The Balaban J connectivity index is 1.79. The number of aryl methyl sites for hydroxylation is 1. The molecule has 1 fully saturated rings. The monoisotopic (exact) mass is 193 g/mol. The van der Waals surface area contributed by atoms with Crippen molar-refractivity contribution in [3.05, 3.63) is 24.0 Å². The molecule has 1 aliphatic heterocycles. The lowest BCUT2D eigenvalue weighted by atomic mass is 10.1. The number of rotatable bonds is 3. The highest BCUT2D eigenvalue weighted by molar-refractivity contribution is 5.04. The van der Waals surface area contributed by atoms with E-state index in [0.29, 0.717) is 6.04 Å². The lowest BCUT2D eigenvalue weighted by Gasteiger charge is -2.33. The Morgan fingerprint density at radius 1 is 1.57 bits per heavy atom. The summed E-state index contributed by atoms with van der Waals surface area (Å²) in [6.45, 7) is 3.45. The third-order valence-corrected chi connectivity index (χ3v) is 3.05. The largest absolute Gasteiger partial charge is 0.365 e. The Labute approximate surface area is 85.5 Å². The highest BCUT2D eigenvalue weighted by Crippen LogP contribution is 2.08. The fourth-order valence-corrected chi connectivity index (χ4v) is 2.03. The van der Waals surface area contributed by atoms with Crippen molar-refractivity contribution in [1.82, 2.24) is 15.2 Å². The zero-order chi connectivity index (χ0) is 9.80. The topological polar surface area (TPSA) is 31.1 Å². The number of piperazine rings is 1. The summed E-state index contributed by atoms with van der Waals surface area (Å²) in [6.07, 6.45) is 4.39. The van der Waals surface area contributed by atoms with Gasteiger partial charge in [-0.2, -0.15) is 0 Å². The van der Waals surface area contributed by atoms with E-state index in [1.807, 2.05) is 6.20 Å². The van der Waals surface area contributed by atoms with Crippen molar-refractivity contribution >= 4 is 0 Å². The molecule has 3 heteroatoms. The number of likely N-dealkylation sites (N-methyl/N-ethyl adjacent to an activating group) is 1. The molecule has 0 radical (unpaired) electrons. The molecule has 1 aromatic rings. The summed E-state index contributed by atoms with van der Waals surface area (Å²) in [5.41, 5.74) is 1.35. The average molecular weight is 193 g/mol. The Hall–Kier alpha value is -0.800. The average Bonchev–Trinajstić information content (AvgIpc) is 2.69. The lowest BCUT2D eigenvalue weighted by molar-refractivity contribution is 0.190. The van der Waals surface area contributed by atoms with Crippen molar-refractivity contribution in [2.75, 3.05) is 26.7 Å². The summed E-state index contributed by atoms with van der Waals surface area (Å²) in [4.78, 5) is 5.71. The maximum atomic E-state index is 3.44. The highest BCUT2D eigenvalue weighted by Gasteiger charge is 2.17. The van der Waals surface area contributed by atoms with Crippen LogP contribution in [0.5, 0.6) is 0 Å². The van der Waals surface area contributed by atoms with Gasteiger partial charge in [-0.1, -0.05) is 0 Å². The molecule has 0 spiro atoms. The molecule has 1 aromatic heterocycles. The molecule has 3 nitrogen and oxygen atoms in total. The van der Waals surface area contributed by atoms with Crippen molar-refractivity contribution in [1.29, 1.82) is 0 Å². The minimum Gasteiger partial charge on any atom is -0.365 e. The summed E-state index contributed by atoms with van der Waals surface area (Å²) in [6, 6.07) is 4.93. The minimum atomic E-state index is 0.701. The molecule has 1 aliphatic rings. The molecule has 2 rings (SSSR count). The van der Waals surface area contributed by atoms with Crippen molar-refractivity contribution in [2.45, 2.75) is 18.9 Å². The van der Waals surface area contributed by atoms with E-state index in [0.717, 1.165) is 19.5 Å². The van der Waals surface area contributed by atoms with Gasteiger partial charge in [-0.05, 0) is 32.0 Å². The van der Waals surface area contributed by atoms with Crippen LogP contribution in [0, 0.1) is 0 Å². The number of aromatic nitrogens is 1. The fourth-order valence-electron chi connectivity index (χ4n) is 2.03. The van der Waals surface area contributed by atoms with Gasteiger partial charge in [0.2, 0.25) is 0 Å². The van der Waals surface area contributed by atoms with Crippen LogP contribution < -0.4 is 5.32 Å². The smallest absolute Gasteiger partial charge is 0.0221 e. The molecule has 78 valence electrons. The summed E-state index contributed by atoms with van der Waals surface area (Å²) < 4.78 is 0. The standard InChI is InChI=1S/C11H19N3/c1-14-8-7-12-9-11(14)5-4-10-3-2-6-13-10/h2-3,6,11-13H,4-5,7-9H2,1H3. The van der Waals surface area contributed by atoms with Gasteiger partial charge in [-0.25, -0.2) is 0 Å². The molecular formula is C11H19N3. The van der Waals surface area contributed by atoms with Gasteiger partial charge in [0, 0.05) is 37.6 Å². The maximum absolute atomic E-state index is 3.44. The SMILES string of the molecule is CN1CCNCC1CCc1ccc[nH]1. The molecular weight excluding hydrogens is 174 g/mol. The van der Waals surface area contributed by atoms with Crippen LogP contribution in [0.4, 0.5) is 0 Å². The second kappa shape index (κ2) is 4.62. The van der Waals surface area contributed by atoms with E-state index >= 15 is 0 Å². The Morgan fingerprint density at radius 2 is 2.50 bits per heavy atom. The zero-order valence-corrected chi connectivity index (χ0v) is 8.79. The Kier molecular flexibility index (Phi) is 3.22. The molecule has 14 heavy (non-hydrogen) atoms. The second-order valence-corrected chi connectivity index (χ2v) is 4.07. The van der Waals surface area contributed by atoms with Gasteiger partial charge < -0.3 is 15.2 Å². The van der Waals surface area contributed by atoms with E-state index in [1.165, 1.54) is 18.7 Å². The molecule has 2 heterocycles. The number of nitrogens with one attached hydrogen (secondary N) is 2. The predicted octanol–water partition coefficient (Wildman–Crippen LogP) is 0.851.